The molecule has 6 nitrogen and oxygen atoms in total. The molecule has 0 radical (unpaired) electrons. The maximum absolute atomic E-state index is 12.7. The molecule has 7 heteroatoms. The number of nitrogens with one attached hydrogen (secondary N) is 1. The molecular weight excluding hydrogens is 338 g/mol. The molecule has 1 aliphatic heterocycles. The van der Waals surface area contributed by atoms with Gasteiger partial charge in [0.2, 0.25) is 5.91 Å². The number of oxime groups is 1. The van der Waals surface area contributed by atoms with Crippen LogP contribution in [0.5, 0.6) is 0 Å². The summed E-state index contributed by atoms with van der Waals surface area (Å²) in [5.74, 6) is -0.343. The van der Waals surface area contributed by atoms with Gasteiger partial charge in [-0.15, -0.1) is 0 Å². The molecule has 21 heavy (non-hydrogen) atoms. The quantitative estimate of drug-likeness (QED) is 0.335. The molecule has 0 aromatic heterocycles. The SMILES string of the molecule is Cc1cc(Br)ccc1NC(=O)C1(C(N)=NO)CCOCC1. The van der Waals surface area contributed by atoms with E-state index in [9.17, 15) is 4.79 Å². The summed E-state index contributed by atoms with van der Waals surface area (Å²) in [4.78, 5) is 12.7. The Balaban J connectivity index is 2.27. The summed E-state index contributed by atoms with van der Waals surface area (Å²) in [6.07, 6.45) is 0.786. The van der Waals surface area contributed by atoms with Crippen LogP contribution in [0.15, 0.2) is 27.8 Å². The molecule has 1 amide bonds. The van der Waals surface area contributed by atoms with E-state index in [1.165, 1.54) is 0 Å². The van der Waals surface area contributed by atoms with E-state index in [2.05, 4.69) is 26.4 Å². The Labute approximate surface area is 131 Å². The Hall–Kier alpha value is -1.60. The average Bonchev–Trinajstić information content (AvgIpc) is 2.49. The standard InChI is InChI=1S/C14H18BrN3O3/c1-9-8-10(15)2-3-11(9)17-13(19)14(12(16)18-20)4-6-21-7-5-14/h2-3,8,20H,4-7H2,1H3,(H2,16,18)(H,17,19). The maximum atomic E-state index is 12.7. The van der Waals surface area contributed by atoms with Gasteiger partial charge in [0.05, 0.1) is 0 Å². The van der Waals surface area contributed by atoms with Gasteiger partial charge in [0.15, 0.2) is 5.84 Å². The maximum Gasteiger partial charge on any atom is 0.238 e. The fourth-order valence-corrected chi connectivity index (χ4v) is 2.90. The Morgan fingerprint density at radius 2 is 2.14 bits per heavy atom. The third kappa shape index (κ3) is 3.19. The van der Waals surface area contributed by atoms with Crippen LogP contribution in [-0.4, -0.2) is 30.2 Å². The predicted molar refractivity (Wildman–Crippen MR) is 83.4 cm³/mol. The van der Waals surface area contributed by atoms with Crippen LogP contribution in [0, 0.1) is 12.3 Å². The summed E-state index contributed by atoms with van der Waals surface area (Å²) in [5.41, 5.74) is 6.39. The number of nitrogens with two attached hydrogens (primary N) is 1. The molecule has 1 fully saturated rings. The van der Waals surface area contributed by atoms with Crippen molar-refractivity contribution < 1.29 is 14.7 Å². The monoisotopic (exact) mass is 355 g/mol. The molecule has 1 aromatic rings. The number of amidine groups is 1. The molecule has 0 unspecified atom stereocenters. The van der Waals surface area contributed by atoms with Gasteiger partial charge in [-0.05, 0) is 43.5 Å². The molecule has 0 saturated carbocycles. The molecule has 1 aliphatic rings. The third-order valence-electron chi connectivity index (χ3n) is 3.82. The van der Waals surface area contributed by atoms with Crippen LogP contribution >= 0.6 is 15.9 Å². The number of hydrogen-bond acceptors (Lipinski definition) is 4. The fraction of sp³-hybridized carbons (Fsp3) is 0.429. The number of rotatable bonds is 3. The molecule has 1 aromatic carbocycles. The van der Waals surface area contributed by atoms with Crippen LogP contribution in [0.4, 0.5) is 5.69 Å². The van der Waals surface area contributed by atoms with E-state index in [-0.39, 0.29) is 11.7 Å². The summed E-state index contributed by atoms with van der Waals surface area (Å²) in [7, 11) is 0. The number of nitrogens with zero attached hydrogens (tertiary/aromatic N) is 1. The van der Waals surface area contributed by atoms with E-state index in [1.807, 2.05) is 25.1 Å². The number of carbonyl (C=O) groups is 1. The van der Waals surface area contributed by atoms with E-state index in [4.69, 9.17) is 15.7 Å². The highest BCUT2D eigenvalue weighted by atomic mass is 79.9. The van der Waals surface area contributed by atoms with Gasteiger partial charge >= 0.3 is 0 Å². The molecular formula is C14H18BrN3O3. The van der Waals surface area contributed by atoms with Crippen molar-refractivity contribution in [1.82, 2.24) is 0 Å². The molecule has 1 heterocycles. The summed E-state index contributed by atoms with van der Waals surface area (Å²) in [5, 5.41) is 14.9. The van der Waals surface area contributed by atoms with Crippen LogP contribution < -0.4 is 11.1 Å². The lowest BCUT2D eigenvalue weighted by atomic mass is 9.78. The second-order valence-corrected chi connectivity index (χ2v) is 6.01. The summed E-state index contributed by atoms with van der Waals surface area (Å²) >= 11 is 3.38. The van der Waals surface area contributed by atoms with Gasteiger partial charge in [-0.25, -0.2) is 0 Å². The van der Waals surface area contributed by atoms with Crippen molar-refractivity contribution >= 4 is 33.4 Å². The summed E-state index contributed by atoms with van der Waals surface area (Å²) in [6.45, 7) is 2.71. The number of anilines is 1. The number of ether oxygens (including phenoxy) is 1. The first-order chi connectivity index (χ1) is 9.99. The van der Waals surface area contributed by atoms with Gasteiger partial charge in [-0.1, -0.05) is 21.1 Å². The second kappa shape index (κ2) is 6.44. The lowest BCUT2D eigenvalue weighted by molar-refractivity contribution is -0.126. The zero-order chi connectivity index (χ0) is 15.5. The van der Waals surface area contributed by atoms with E-state index >= 15 is 0 Å². The van der Waals surface area contributed by atoms with E-state index in [1.54, 1.807) is 0 Å². The second-order valence-electron chi connectivity index (χ2n) is 5.09. The van der Waals surface area contributed by atoms with Gasteiger partial charge in [-0.3, -0.25) is 4.79 Å². The van der Waals surface area contributed by atoms with E-state index in [0.717, 1.165) is 10.0 Å². The average molecular weight is 356 g/mol. The number of hydrogen-bond donors (Lipinski definition) is 3. The minimum atomic E-state index is -1.02. The Morgan fingerprint density at radius 3 is 2.71 bits per heavy atom. The smallest absolute Gasteiger partial charge is 0.238 e. The van der Waals surface area contributed by atoms with Crippen LogP contribution in [0.1, 0.15) is 18.4 Å². The lowest BCUT2D eigenvalue weighted by Crippen LogP contribution is -2.50. The molecule has 0 aliphatic carbocycles. The Kier molecular flexibility index (Phi) is 4.84. The van der Waals surface area contributed by atoms with Gasteiger partial charge in [0, 0.05) is 23.4 Å². The van der Waals surface area contributed by atoms with Crippen LogP contribution in [0.2, 0.25) is 0 Å². The van der Waals surface area contributed by atoms with Gasteiger partial charge in [-0.2, -0.15) is 0 Å². The number of aryl methyl sites for hydroxylation is 1. The normalized spacial score (nSPS) is 18.3. The van der Waals surface area contributed by atoms with Gasteiger partial charge in [0.1, 0.15) is 5.41 Å². The fourth-order valence-electron chi connectivity index (χ4n) is 2.42. The van der Waals surface area contributed by atoms with Crippen molar-refractivity contribution in [3.63, 3.8) is 0 Å². The zero-order valence-corrected chi connectivity index (χ0v) is 13.3. The molecule has 114 valence electrons. The van der Waals surface area contributed by atoms with Crippen LogP contribution in [0.25, 0.3) is 0 Å². The zero-order valence-electron chi connectivity index (χ0n) is 11.7. The molecule has 0 bridgehead atoms. The van der Waals surface area contributed by atoms with Crippen molar-refractivity contribution in [2.24, 2.45) is 16.3 Å². The summed E-state index contributed by atoms with van der Waals surface area (Å²) < 4.78 is 6.22. The Morgan fingerprint density at radius 1 is 1.48 bits per heavy atom. The largest absolute Gasteiger partial charge is 0.409 e. The highest BCUT2D eigenvalue weighted by Gasteiger charge is 2.44. The number of amides is 1. The van der Waals surface area contributed by atoms with Crippen molar-refractivity contribution in [3.8, 4) is 0 Å². The van der Waals surface area contributed by atoms with Crippen molar-refractivity contribution in [1.29, 1.82) is 0 Å². The molecule has 4 N–H and O–H groups in total. The topological polar surface area (TPSA) is 96.9 Å². The van der Waals surface area contributed by atoms with Crippen molar-refractivity contribution in [2.45, 2.75) is 19.8 Å². The highest BCUT2D eigenvalue weighted by molar-refractivity contribution is 9.10. The third-order valence-corrected chi connectivity index (χ3v) is 4.31. The van der Waals surface area contributed by atoms with Crippen molar-refractivity contribution in [3.05, 3.63) is 28.2 Å². The number of halogens is 1. The first-order valence-electron chi connectivity index (χ1n) is 6.63. The minimum absolute atomic E-state index is 0.0712. The molecule has 2 rings (SSSR count). The highest BCUT2D eigenvalue weighted by Crippen LogP contribution is 2.33. The molecule has 0 spiro atoms. The summed E-state index contributed by atoms with van der Waals surface area (Å²) in [6, 6.07) is 5.58. The van der Waals surface area contributed by atoms with Crippen LogP contribution in [-0.2, 0) is 9.53 Å². The Bertz CT molecular complexity index is 569. The lowest BCUT2D eigenvalue weighted by Gasteiger charge is -2.34. The number of carbonyl (C=O) groups excluding carboxylic acids is 1. The predicted octanol–water partition coefficient (Wildman–Crippen LogP) is 2.24. The molecule has 1 saturated heterocycles. The minimum Gasteiger partial charge on any atom is -0.409 e. The molecule has 0 atom stereocenters. The first kappa shape index (κ1) is 15.8. The van der Waals surface area contributed by atoms with Crippen LogP contribution in [0.3, 0.4) is 0 Å². The van der Waals surface area contributed by atoms with Crippen molar-refractivity contribution in [2.75, 3.05) is 18.5 Å². The van der Waals surface area contributed by atoms with Gasteiger partial charge in [0.25, 0.3) is 0 Å². The van der Waals surface area contributed by atoms with Gasteiger partial charge < -0.3 is 21.0 Å². The first-order valence-corrected chi connectivity index (χ1v) is 7.42. The van der Waals surface area contributed by atoms with E-state index < -0.39 is 5.41 Å². The number of benzene rings is 1. The van der Waals surface area contributed by atoms with E-state index in [0.29, 0.717) is 31.7 Å².